The van der Waals surface area contributed by atoms with E-state index in [1.54, 1.807) is 0 Å². The Kier molecular flexibility index (Phi) is 4.93. The van der Waals surface area contributed by atoms with Crippen molar-refractivity contribution < 1.29 is 8.83 Å². The van der Waals surface area contributed by atoms with E-state index in [0.717, 1.165) is 49.6 Å². The Morgan fingerprint density at radius 1 is 0.357 bits per heavy atom. The van der Waals surface area contributed by atoms with Crippen LogP contribution in [0.5, 0.6) is 0 Å². The highest BCUT2D eigenvalue weighted by atomic mass is 16.3. The van der Waals surface area contributed by atoms with Crippen molar-refractivity contribution in [2.24, 2.45) is 0 Å². The summed E-state index contributed by atoms with van der Waals surface area (Å²) in [7, 11) is 0. The Balaban J connectivity index is 1.41. The Morgan fingerprint density at radius 2 is 0.905 bits per heavy atom. The van der Waals surface area contributed by atoms with Gasteiger partial charge in [-0.3, -0.25) is 0 Å². The van der Waals surface area contributed by atoms with Crippen LogP contribution in [0, 0.1) is 0 Å². The normalized spacial score (nSPS) is 11.8. The van der Waals surface area contributed by atoms with Gasteiger partial charge in [0.25, 0.3) is 0 Å². The summed E-state index contributed by atoms with van der Waals surface area (Å²) in [6.07, 6.45) is 1.84. The molecule has 9 aromatic rings. The summed E-state index contributed by atoms with van der Waals surface area (Å²) < 4.78 is 13.0. The molecule has 0 radical (unpaired) electrons. The maximum Gasteiger partial charge on any atom is 0.147 e. The first-order valence-electron chi connectivity index (χ1n) is 14.3. The Hall–Kier alpha value is -5.60. The molecular weight excluding hydrogens is 512 g/mol. The van der Waals surface area contributed by atoms with E-state index < -0.39 is 0 Å². The van der Waals surface area contributed by atoms with Gasteiger partial charge in [0.1, 0.15) is 16.7 Å². The van der Waals surface area contributed by atoms with Crippen molar-refractivity contribution in [3.63, 3.8) is 0 Å². The maximum atomic E-state index is 6.92. The molecule has 2 heteroatoms. The van der Waals surface area contributed by atoms with Gasteiger partial charge in [0.2, 0.25) is 0 Å². The summed E-state index contributed by atoms with van der Waals surface area (Å²) in [5.41, 5.74) is 9.48. The van der Waals surface area contributed by atoms with Gasteiger partial charge in [-0.05, 0) is 50.4 Å². The number of hydrogen-bond donors (Lipinski definition) is 0. The van der Waals surface area contributed by atoms with E-state index in [-0.39, 0.29) is 0 Å². The fourth-order valence-electron chi connectivity index (χ4n) is 6.74. The summed E-state index contributed by atoms with van der Waals surface area (Å²) in [5, 5.41) is 8.08. The fourth-order valence-corrected chi connectivity index (χ4v) is 6.74. The van der Waals surface area contributed by atoms with Crippen LogP contribution in [0.15, 0.2) is 155 Å². The van der Waals surface area contributed by atoms with Crippen molar-refractivity contribution in [1.82, 2.24) is 0 Å². The molecule has 9 rings (SSSR count). The van der Waals surface area contributed by atoms with Gasteiger partial charge in [0, 0.05) is 27.5 Å². The Bertz CT molecular complexity index is 2390. The zero-order valence-corrected chi connectivity index (χ0v) is 22.7. The molecule has 2 heterocycles. The van der Waals surface area contributed by atoms with E-state index in [9.17, 15) is 0 Å². The van der Waals surface area contributed by atoms with E-state index >= 15 is 0 Å². The largest absolute Gasteiger partial charge is 0.464 e. The maximum absolute atomic E-state index is 6.92. The van der Waals surface area contributed by atoms with Gasteiger partial charge in [-0.2, -0.15) is 0 Å². The topological polar surface area (TPSA) is 26.3 Å². The van der Waals surface area contributed by atoms with Crippen molar-refractivity contribution in [1.29, 1.82) is 0 Å². The number of para-hydroxylation sites is 1. The molecule has 0 saturated carbocycles. The quantitative estimate of drug-likeness (QED) is 0.210. The number of rotatable bonds is 3. The average molecular weight is 537 g/mol. The molecule has 0 unspecified atom stereocenters. The lowest BCUT2D eigenvalue weighted by atomic mass is 9.85. The van der Waals surface area contributed by atoms with Crippen LogP contribution < -0.4 is 0 Å². The minimum Gasteiger partial charge on any atom is -0.464 e. The molecule has 0 bridgehead atoms. The van der Waals surface area contributed by atoms with Gasteiger partial charge >= 0.3 is 0 Å². The third-order valence-corrected chi connectivity index (χ3v) is 8.55. The molecule has 0 aliphatic carbocycles. The van der Waals surface area contributed by atoms with E-state index in [2.05, 4.69) is 133 Å². The van der Waals surface area contributed by atoms with Crippen molar-refractivity contribution in [2.45, 2.75) is 0 Å². The third kappa shape index (κ3) is 3.27. The molecule has 0 N–H and O–H groups in total. The average Bonchev–Trinajstić information content (AvgIpc) is 3.66. The molecule has 0 atom stereocenters. The van der Waals surface area contributed by atoms with Gasteiger partial charge < -0.3 is 8.83 Å². The molecule has 0 aliphatic heterocycles. The van der Waals surface area contributed by atoms with Crippen LogP contribution in [0.1, 0.15) is 0 Å². The van der Waals surface area contributed by atoms with Gasteiger partial charge in [0.05, 0.1) is 11.6 Å². The van der Waals surface area contributed by atoms with Gasteiger partial charge in [-0.15, -0.1) is 0 Å². The summed E-state index contributed by atoms with van der Waals surface area (Å²) in [6, 6.07) is 49.3. The molecule has 2 aromatic heterocycles. The zero-order valence-electron chi connectivity index (χ0n) is 22.7. The summed E-state index contributed by atoms with van der Waals surface area (Å²) in [5.74, 6) is 0. The van der Waals surface area contributed by atoms with Crippen LogP contribution in [0.2, 0.25) is 0 Å². The molecule has 0 spiro atoms. The minimum absolute atomic E-state index is 0.824. The van der Waals surface area contributed by atoms with Crippen LogP contribution in [0.3, 0.4) is 0 Å². The molecule has 0 fully saturated rings. The monoisotopic (exact) mass is 536 g/mol. The Labute approximate surface area is 242 Å². The second-order valence-corrected chi connectivity index (χ2v) is 10.8. The molecule has 0 aliphatic rings. The van der Waals surface area contributed by atoms with Gasteiger partial charge in [-0.1, -0.05) is 127 Å². The molecule has 0 amide bonds. The molecular formula is C40H24O2. The number of benzene rings is 7. The fraction of sp³-hybridized carbons (Fsp3) is 0. The number of hydrogen-bond acceptors (Lipinski definition) is 2. The first kappa shape index (κ1) is 23.1. The first-order chi connectivity index (χ1) is 20.9. The second kappa shape index (κ2) is 8.95. The van der Waals surface area contributed by atoms with Crippen molar-refractivity contribution in [2.75, 3.05) is 0 Å². The predicted molar refractivity (Wildman–Crippen MR) is 175 cm³/mol. The molecule has 2 nitrogen and oxygen atoms in total. The predicted octanol–water partition coefficient (Wildman–Crippen LogP) is 11.6. The number of furan rings is 2. The summed E-state index contributed by atoms with van der Waals surface area (Å²) in [6.45, 7) is 0. The van der Waals surface area contributed by atoms with Crippen LogP contribution >= 0.6 is 0 Å². The SMILES string of the molecule is c1ccc(-c2c3ccccc3c(-c3cccc4c3oc3c4ccc4occ(-c5ccccc5)c43)c3ccccc23)cc1. The summed E-state index contributed by atoms with van der Waals surface area (Å²) in [4.78, 5) is 0. The molecule has 42 heavy (non-hydrogen) atoms. The van der Waals surface area contributed by atoms with E-state index in [1.807, 2.05) is 12.3 Å². The van der Waals surface area contributed by atoms with Crippen LogP contribution in [-0.4, -0.2) is 0 Å². The minimum atomic E-state index is 0.824. The molecule has 7 aromatic carbocycles. The van der Waals surface area contributed by atoms with E-state index in [1.165, 1.54) is 38.2 Å². The second-order valence-electron chi connectivity index (χ2n) is 10.8. The van der Waals surface area contributed by atoms with Crippen LogP contribution in [0.4, 0.5) is 0 Å². The molecule has 0 saturated heterocycles. The van der Waals surface area contributed by atoms with Gasteiger partial charge in [-0.25, -0.2) is 0 Å². The summed E-state index contributed by atoms with van der Waals surface area (Å²) >= 11 is 0. The van der Waals surface area contributed by atoms with Crippen LogP contribution in [-0.2, 0) is 0 Å². The lowest BCUT2D eigenvalue weighted by Crippen LogP contribution is -1.90. The zero-order chi connectivity index (χ0) is 27.6. The first-order valence-corrected chi connectivity index (χ1v) is 14.3. The highest BCUT2D eigenvalue weighted by molar-refractivity contribution is 6.25. The third-order valence-electron chi connectivity index (χ3n) is 8.55. The van der Waals surface area contributed by atoms with Crippen molar-refractivity contribution in [3.8, 4) is 33.4 Å². The van der Waals surface area contributed by atoms with E-state index in [0.29, 0.717) is 0 Å². The molecule has 196 valence electrons. The Morgan fingerprint density at radius 3 is 1.57 bits per heavy atom. The highest BCUT2D eigenvalue weighted by Crippen LogP contribution is 2.47. The van der Waals surface area contributed by atoms with E-state index in [4.69, 9.17) is 8.83 Å². The van der Waals surface area contributed by atoms with Crippen LogP contribution in [0.25, 0.3) is 87.8 Å². The standard InChI is InChI=1S/C40H24O2/c1-3-12-25(13-4-1)34-24-41-35-23-22-32-31-20-11-21-33(39(31)42-40(32)38(34)35)37-29-18-9-7-16-27(29)36(26-14-5-2-6-15-26)28-17-8-10-19-30(28)37/h1-24H. The van der Waals surface area contributed by atoms with Gasteiger partial charge in [0.15, 0.2) is 0 Å². The number of fused-ring (bicyclic) bond motifs is 7. The highest BCUT2D eigenvalue weighted by Gasteiger charge is 2.22. The van der Waals surface area contributed by atoms with Crippen molar-refractivity contribution in [3.05, 3.63) is 146 Å². The van der Waals surface area contributed by atoms with Crippen molar-refractivity contribution >= 4 is 54.5 Å². The lowest BCUT2D eigenvalue weighted by molar-refractivity contribution is 0.616. The lowest BCUT2D eigenvalue weighted by Gasteiger charge is -2.17. The smallest absolute Gasteiger partial charge is 0.147 e.